The number of fused-ring (bicyclic) bond motifs is 1. The van der Waals surface area contributed by atoms with Crippen LogP contribution < -0.4 is 0 Å². The molecule has 0 unspecified atom stereocenters. The molecule has 3 rings (SSSR count). The van der Waals surface area contributed by atoms with Crippen LogP contribution in [0.25, 0.3) is 21.9 Å². The topological polar surface area (TPSA) is 0 Å². The van der Waals surface area contributed by atoms with Crippen LogP contribution in [0.4, 0.5) is 0 Å². The molecule has 0 aliphatic heterocycles. The second-order valence-corrected chi connectivity index (χ2v) is 9.61. The van der Waals surface area contributed by atoms with Gasteiger partial charge in [0.1, 0.15) is 0 Å². The minimum absolute atomic E-state index is 0.557. The van der Waals surface area contributed by atoms with E-state index in [-0.39, 0.29) is 0 Å². The number of aryl methyl sites for hydroxylation is 1. The Morgan fingerprint density at radius 2 is 1.70 bits per heavy atom. The van der Waals surface area contributed by atoms with Crippen molar-refractivity contribution in [2.75, 3.05) is 0 Å². The third-order valence-corrected chi connectivity index (χ3v) is 4.06. The first-order chi connectivity index (χ1) is 11.1. The van der Waals surface area contributed by atoms with Crippen molar-refractivity contribution in [2.45, 2.75) is 33.1 Å². The third-order valence-electron chi connectivity index (χ3n) is 4.06. The molecule has 0 aliphatic carbocycles. The van der Waals surface area contributed by atoms with Gasteiger partial charge < -0.3 is 0 Å². The molecule has 3 aromatic rings. The summed E-state index contributed by atoms with van der Waals surface area (Å²) in [6, 6.07) is 20.1. The van der Waals surface area contributed by atoms with Gasteiger partial charge >= 0.3 is 37.9 Å². The number of hydrogen-bond acceptors (Lipinski definition) is 0. The number of halogens is 2. The quantitative estimate of drug-likeness (QED) is 0.388. The van der Waals surface area contributed by atoms with Crippen molar-refractivity contribution in [2.24, 2.45) is 0 Å². The molecule has 3 aromatic carbocycles. The normalized spacial score (nSPS) is 10.5. The van der Waals surface area contributed by atoms with Crippen molar-refractivity contribution in [3.05, 3.63) is 65.7 Å². The molecule has 0 heterocycles. The zero-order chi connectivity index (χ0) is 16.8. The van der Waals surface area contributed by atoms with Crippen LogP contribution in [0.3, 0.4) is 0 Å². The van der Waals surface area contributed by atoms with Gasteiger partial charge in [-0.05, 0) is 17.9 Å². The van der Waals surface area contributed by atoms with Crippen LogP contribution in [0, 0.1) is 0 Å². The van der Waals surface area contributed by atoms with E-state index in [0.717, 1.165) is 6.42 Å². The molecule has 0 saturated carbocycles. The molecule has 3 heteroatoms. The third kappa shape index (κ3) is 4.75. The van der Waals surface area contributed by atoms with Gasteiger partial charge in [-0.15, -0.1) is 28.5 Å². The monoisotopic (exact) mass is 421 g/mol. The van der Waals surface area contributed by atoms with Crippen molar-refractivity contribution < 1.29 is 20.8 Å². The molecule has 120 valence electrons. The maximum absolute atomic E-state index is 4.93. The first-order valence-electron chi connectivity index (χ1n) is 7.85. The summed E-state index contributed by atoms with van der Waals surface area (Å²) in [7, 11) is 9.87. The van der Waals surface area contributed by atoms with Crippen molar-refractivity contribution in [1.82, 2.24) is 0 Å². The molecular formula is C20H21Cl2Zr-. The Morgan fingerprint density at radius 1 is 1.04 bits per heavy atom. The molecule has 0 N–H and O–H groups in total. The first-order valence-corrected chi connectivity index (χ1v) is 14.2. The summed E-state index contributed by atoms with van der Waals surface area (Å²) in [4.78, 5) is 0. The fourth-order valence-corrected chi connectivity index (χ4v) is 2.80. The molecule has 0 saturated heterocycles. The summed E-state index contributed by atoms with van der Waals surface area (Å²) in [6.45, 7) is 6.75. The van der Waals surface area contributed by atoms with Gasteiger partial charge in [-0.1, -0.05) is 68.3 Å². The molecule has 0 nitrogen and oxygen atoms in total. The summed E-state index contributed by atoms with van der Waals surface area (Å²) in [6.07, 6.45) is 1.10. The van der Waals surface area contributed by atoms with Crippen molar-refractivity contribution in [3.63, 3.8) is 0 Å². The van der Waals surface area contributed by atoms with Crippen LogP contribution in [0.2, 0.25) is 0 Å². The van der Waals surface area contributed by atoms with Crippen LogP contribution in [0.1, 0.15) is 37.8 Å². The Bertz CT molecular complexity index is 745. The van der Waals surface area contributed by atoms with Gasteiger partial charge in [0.15, 0.2) is 0 Å². The van der Waals surface area contributed by atoms with Crippen molar-refractivity contribution >= 4 is 27.8 Å². The predicted molar refractivity (Wildman–Crippen MR) is 100 cm³/mol. The van der Waals surface area contributed by atoms with Gasteiger partial charge in [-0.3, -0.25) is 0 Å². The zero-order valence-electron chi connectivity index (χ0n) is 13.7. The van der Waals surface area contributed by atoms with E-state index in [1.807, 2.05) is 0 Å². The fraction of sp³-hybridized carbons (Fsp3) is 0.250. The summed E-state index contributed by atoms with van der Waals surface area (Å²) in [5.41, 5.74) is 5.53. The molecule has 0 atom stereocenters. The molecule has 0 radical (unpaired) electrons. The van der Waals surface area contributed by atoms with Gasteiger partial charge in [0.2, 0.25) is 0 Å². The molecular weight excluding hydrogens is 402 g/mol. The van der Waals surface area contributed by atoms with E-state index in [9.17, 15) is 0 Å². The van der Waals surface area contributed by atoms with Gasteiger partial charge in [-0.2, -0.15) is 6.07 Å². The van der Waals surface area contributed by atoms with Crippen LogP contribution in [0.5, 0.6) is 0 Å². The summed E-state index contributed by atoms with van der Waals surface area (Å²) >= 11 is -0.826. The Morgan fingerprint density at radius 3 is 2.26 bits per heavy atom. The second kappa shape index (κ2) is 9.12. The van der Waals surface area contributed by atoms with Crippen molar-refractivity contribution in [3.8, 4) is 11.1 Å². The summed E-state index contributed by atoms with van der Waals surface area (Å²) < 4.78 is 0. The van der Waals surface area contributed by atoms with E-state index in [1.165, 1.54) is 33.0 Å². The maximum atomic E-state index is 4.93. The van der Waals surface area contributed by atoms with Gasteiger partial charge in [0.05, 0.1) is 0 Å². The van der Waals surface area contributed by atoms with Crippen LogP contribution in [-0.4, -0.2) is 0 Å². The van der Waals surface area contributed by atoms with E-state index in [0.29, 0.717) is 5.92 Å². The average Bonchev–Trinajstić information content (AvgIpc) is 2.98. The standard InChI is InChI=1S/C20H21.2ClH.Zr/c1-4-15-10-18-12-17(14(2)3)13-20(19(18)11-15)16-8-6-5-7-9-16;;;/h5-14H,4H2,1-3H3;2*1H;/q-1;;;+2/p-2. The van der Waals surface area contributed by atoms with E-state index in [1.54, 1.807) is 0 Å². The Hall–Kier alpha value is -0.487. The Labute approximate surface area is 157 Å². The number of rotatable bonds is 3. The molecule has 0 spiro atoms. The SMILES string of the molecule is CCc1cc2c(-c3ccccc3)cc(C(C)C)cc2[cH-]1.[Cl][Zr][Cl]. The van der Waals surface area contributed by atoms with Gasteiger partial charge in [0, 0.05) is 0 Å². The van der Waals surface area contributed by atoms with Crippen LogP contribution in [0.15, 0.2) is 54.6 Å². The van der Waals surface area contributed by atoms with Crippen LogP contribution >= 0.6 is 17.0 Å². The van der Waals surface area contributed by atoms with Crippen LogP contribution in [-0.2, 0) is 27.3 Å². The molecule has 0 aliphatic rings. The molecule has 23 heavy (non-hydrogen) atoms. The fourth-order valence-electron chi connectivity index (χ4n) is 2.80. The average molecular weight is 424 g/mol. The van der Waals surface area contributed by atoms with E-state index in [4.69, 9.17) is 17.0 Å². The number of hydrogen-bond donors (Lipinski definition) is 0. The Balaban J connectivity index is 0.000000595. The van der Waals surface area contributed by atoms with E-state index >= 15 is 0 Å². The summed E-state index contributed by atoms with van der Waals surface area (Å²) in [5.74, 6) is 0.557. The molecule has 0 fully saturated rings. The molecule has 0 amide bonds. The predicted octanol–water partition coefficient (Wildman–Crippen LogP) is 7.29. The van der Waals surface area contributed by atoms with E-state index < -0.39 is 20.8 Å². The summed E-state index contributed by atoms with van der Waals surface area (Å²) in [5, 5.41) is 2.77. The van der Waals surface area contributed by atoms with Gasteiger partial charge in [0.25, 0.3) is 0 Å². The Kier molecular flexibility index (Phi) is 7.47. The van der Waals surface area contributed by atoms with Crippen molar-refractivity contribution in [1.29, 1.82) is 0 Å². The zero-order valence-corrected chi connectivity index (χ0v) is 17.7. The minimum atomic E-state index is -0.826. The second-order valence-electron chi connectivity index (χ2n) is 5.88. The first kappa shape index (κ1) is 18.8. The van der Waals surface area contributed by atoms with Gasteiger partial charge in [-0.25, -0.2) is 0 Å². The molecule has 0 bridgehead atoms. The molecule has 0 aromatic heterocycles. The number of benzene rings is 2. The van der Waals surface area contributed by atoms with E-state index in [2.05, 4.69) is 75.4 Å².